The standard InChI is InChI=1S/C24H34NO4P/c1-5-28-30(27,29-6-2)25-17-15-21(16-18-25)24(26,22-13-9-7-11-19(22)3)23-14-10-8-12-20(23)4/h7-14,21,26H,5-6,15-18H2,1-4H3. The van der Waals surface area contributed by atoms with Gasteiger partial charge in [0.05, 0.1) is 13.2 Å². The molecule has 1 saturated heterocycles. The van der Waals surface area contributed by atoms with E-state index in [-0.39, 0.29) is 5.92 Å². The molecule has 6 heteroatoms. The zero-order valence-corrected chi connectivity index (χ0v) is 19.4. The molecule has 1 N–H and O–H groups in total. The molecule has 0 spiro atoms. The molecule has 0 bridgehead atoms. The van der Waals surface area contributed by atoms with E-state index in [0.717, 1.165) is 22.3 Å². The van der Waals surface area contributed by atoms with Gasteiger partial charge in [-0.25, -0.2) is 9.24 Å². The predicted molar refractivity (Wildman–Crippen MR) is 121 cm³/mol. The van der Waals surface area contributed by atoms with Crippen molar-refractivity contribution < 1.29 is 18.7 Å². The Balaban J connectivity index is 1.95. The number of aryl methyl sites for hydroxylation is 2. The fourth-order valence-corrected chi connectivity index (χ4v) is 6.42. The van der Waals surface area contributed by atoms with Crippen LogP contribution >= 0.6 is 7.75 Å². The summed E-state index contributed by atoms with van der Waals surface area (Å²) in [7, 11) is -3.28. The van der Waals surface area contributed by atoms with Gasteiger partial charge in [-0.15, -0.1) is 0 Å². The highest BCUT2D eigenvalue weighted by atomic mass is 31.2. The Kier molecular flexibility index (Phi) is 7.54. The summed E-state index contributed by atoms with van der Waals surface area (Å²) in [5, 5.41) is 12.3. The Bertz CT molecular complexity index is 837. The van der Waals surface area contributed by atoms with Crippen molar-refractivity contribution in [2.75, 3.05) is 26.3 Å². The summed E-state index contributed by atoms with van der Waals surface area (Å²) in [6, 6.07) is 16.1. The first-order valence-corrected chi connectivity index (χ1v) is 12.4. The number of benzene rings is 2. The topological polar surface area (TPSA) is 59.0 Å². The maximum atomic E-state index is 13.2. The van der Waals surface area contributed by atoms with E-state index < -0.39 is 13.3 Å². The molecule has 2 aromatic carbocycles. The van der Waals surface area contributed by atoms with E-state index in [9.17, 15) is 9.67 Å². The molecule has 0 amide bonds. The van der Waals surface area contributed by atoms with Crippen LogP contribution in [0.1, 0.15) is 48.9 Å². The smallest absolute Gasteiger partial charge is 0.380 e. The highest BCUT2D eigenvalue weighted by molar-refractivity contribution is 7.51. The Morgan fingerprint density at radius 2 is 1.37 bits per heavy atom. The van der Waals surface area contributed by atoms with Crippen molar-refractivity contribution in [3.8, 4) is 0 Å². The van der Waals surface area contributed by atoms with Crippen LogP contribution in [0.15, 0.2) is 48.5 Å². The monoisotopic (exact) mass is 431 g/mol. The summed E-state index contributed by atoms with van der Waals surface area (Å²) >= 11 is 0. The molecule has 1 aliphatic heterocycles. The van der Waals surface area contributed by atoms with Crippen LogP contribution in [0.3, 0.4) is 0 Å². The minimum absolute atomic E-state index is 0.00680. The van der Waals surface area contributed by atoms with E-state index in [0.29, 0.717) is 39.1 Å². The Labute approximate surface area is 180 Å². The van der Waals surface area contributed by atoms with Gasteiger partial charge in [-0.05, 0) is 68.7 Å². The average Bonchev–Trinajstić information content (AvgIpc) is 2.74. The van der Waals surface area contributed by atoms with Crippen LogP contribution in [-0.4, -0.2) is 36.1 Å². The van der Waals surface area contributed by atoms with Crippen LogP contribution in [0, 0.1) is 19.8 Å². The lowest BCUT2D eigenvalue weighted by molar-refractivity contribution is -0.0101. The van der Waals surface area contributed by atoms with Crippen molar-refractivity contribution in [2.24, 2.45) is 5.92 Å². The van der Waals surface area contributed by atoms with E-state index in [1.165, 1.54) is 0 Å². The first kappa shape index (κ1) is 23.2. The number of nitrogens with zero attached hydrogens (tertiary/aromatic N) is 1. The minimum Gasteiger partial charge on any atom is -0.380 e. The first-order chi connectivity index (χ1) is 14.4. The van der Waals surface area contributed by atoms with E-state index in [1.54, 1.807) is 0 Å². The number of hydrogen-bond acceptors (Lipinski definition) is 4. The summed E-state index contributed by atoms with van der Waals surface area (Å²) < 4.78 is 26.1. The van der Waals surface area contributed by atoms with Crippen molar-refractivity contribution in [3.63, 3.8) is 0 Å². The van der Waals surface area contributed by atoms with Crippen molar-refractivity contribution in [1.29, 1.82) is 0 Å². The molecule has 5 nitrogen and oxygen atoms in total. The normalized spacial score (nSPS) is 16.7. The Hall–Kier alpha value is -1.49. The highest BCUT2D eigenvalue weighted by Gasteiger charge is 2.45. The van der Waals surface area contributed by atoms with Gasteiger partial charge in [0.15, 0.2) is 0 Å². The van der Waals surface area contributed by atoms with E-state index in [1.807, 2.05) is 80.9 Å². The second-order valence-electron chi connectivity index (χ2n) is 7.93. The molecule has 0 aromatic heterocycles. The molecular weight excluding hydrogens is 397 g/mol. The maximum absolute atomic E-state index is 13.2. The summed E-state index contributed by atoms with van der Waals surface area (Å²) in [4.78, 5) is 0. The van der Waals surface area contributed by atoms with Crippen molar-refractivity contribution in [2.45, 2.75) is 46.1 Å². The second kappa shape index (κ2) is 9.76. The molecule has 0 aliphatic carbocycles. The molecule has 2 aromatic rings. The number of hydrogen-bond donors (Lipinski definition) is 1. The molecule has 164 valence electrons. The molecule has 1 heterocycles. The third kappa shape index (κ3) is 4.42. The van der Waals surface area contributed by atoms with E-state index >= 15 is 0 Å². The van der Waals surface area contributed by atoms with Gasteiger partial charge in [0, 0.05) is 13.1 Å². The summed E-state index contributed by atoms with van der Waals surface area (Å²) in [5.74, 6) is -0.00680. The lowest BCUT2D eigenvalue weighted by atomic mass is 9.70. The zero-order chi connectivity index (χ0) is 21.8. The molecule has 1 fully saturated rings. The van der Waals surface area contributed by atoms with Gasteiger partial charge in [0.25, 0.3) is 0 Å². The van der Waals surface area contributed by atoms with E-state index in [2.05, 4.69) is 0 Å². The first-order valence-electron chi connectivity index (χ1n) is 10.9. The second-order valence-corrected chi connectivity index (χ2v) is 9.95. The van der Waals surface area contributed by atoms with Gasteiger partial charge in [-0.1, -0.05) is 48.5 Å². The molecule has 0 unspecified atom stereocenters. The third-order valence-electron chi connectivity index (χ3n) is 6.10. The van der Waals surface area contributed by atoms with Gasteiger partial charge in [-0.3, -0.25) is 9.05 Å². The van der Waals surface area contributed by atoms with Crippen LogP contribution < -0.4 is 0 Å². The molecule has 1 aliphatic rings. The van der Waals surface area contributed by atoms with Crippen LogP contribution in [0.4, 0.5) is 0 Å². The highest BCUT2D eigenvalue weighted by Crippen LogP contribution is 2.55. The summed E-state index contributed by atoms with van der Waals surface area (Å²) in [6.07, 6.45) is 1.40. The van der Waals surface area contributed by atoms with Crippen LogP contribution in [0.25, 0.3) is 0 Å². The zero-order valence-electron chi connectivity index (χ0n) is 18.5. The quantitative estimate of drug-likeness (QED) is 0.565. The Morgan fingerprint density at radius 3 is 1.77 bits per heavy atom. The van der Waals surface area contributed by atoms with Gasteiger partial charge >= 0.3 is 7.75 Å². The maximum Gasteiger partial charge on any atom is 0.408 e. The molecule has 0 saturated carbocycles. The summed E-state index contributed by atoms with van der Waals surface area (Å²) in [5.41, 5.74) is 2.91. The lowest BCUT2D eigenvalue weighted by Crippen LogP contribution is -2.44. The largest absolute Gasteiger partial charge is 0.408 e. The van der Waals surface area contributed by atoms with Crippen molar-refractivity contribution >= 4 is 7.75 Å². The molecule has 3 rings (SSSR count). The van der Waals surface area contributed by atoms with Crippen molar-refractivity contribution in [3.05, 3.63) is 70.8 Å². The SMILES string of the molecule is CCOP(=O)(OCC)N1CCC(C(O)(c2ccccc2C)c2ccccc2C)CC1. The third-order valence-corrected chi connectivity index (χ3v) is 8.37. The summed E-state index contributed by atoms with van der Waals surface area (Å²) in [6.45, 7) is 9.55. The van der Waals surface area contributed by atoms with Gasteiger partial charge in [0.2, 0.25) is 0 Å². The van der Waals surface area contributed by atoms with E-state index in [4.69, 9.17) is 9.05 Å². The van der Waals surface area contributed by atoms with Gasteiger partial charge < -0.3 is 5.11 Å². The van der Waals surface area contributed by atoms with Gasteiger partial charge in [0.1, 0.15) is 5.60 Å². The average molecular weight is 432 g/mol. The fraction of sp³-hybridized carbons (Fsp3) is 0.500. The van der Waals surface area contributed by atoms with Crippen LogP contribution in [0.2, 0.25) is 0 Å². The van der Waals surface area contributed by atoms with Gasteiger partial charge in [-0.2, -0.15) is 0 Å². The molecule has 0 radical (unpaired) electrons. The minimum atomic E-state index is -3.28. The number of rotatable bonds is 8. The van der Waals surface area contributed by atoms with Crippen LogP contribution in [-0.2, 0) is 19.2 Å². The van der Waals surface area contributed by atoms with Crippen molar-refractivity contribution in [1.82, 2.24) is 4.67 Å². The number of aliphatic hydroxyl groups is 1. The fourth-order valence-electron chi connectivity index (χ4n) is 4.64. The lowest BCUT2D eigenvalue weighted by Gasteiger charge is -2.44. The molecule has 0 atom stereocenters. The molecule has 30 heavy (non-hydrogen) atoms. The molecular formula is C24H34NO4P. The number of piperidine rings is 1. The Morgan fingerprint density at radius 1 is 0.933 bits per heavy atom. The predicted octanol–water partition coefficient (Wildman–Crippen LogP) is 5.43. The van der Waals surface area contributed by atoms with Crippen LogP contribution in [0.5, 0.6) is 0 Å².